The first-order valence-electron chi connectivity index (χ1n) is 14.9. The Morgan fingerprint density at radius 1 is 0.615 bits per heavy atom. The van der Waals surface area contributed by atoms with E-state index in [1.807, 2.05) is 60.7 Å². The summed E-state index contributed by atoms with van der Waals surface area (Å²) in [7, 11) is 0. The maximum absolute atomic E-state index is 12.7. The molecule has 4 nitrogen and oxygen atoms in total. The molecule has 0 N–H and O–H groups in total. The molecular formula is C35H46O4. The van der Waals surface area contributed by atoms with E-state index >= 15 is 0 Å². The van der Waals surface area contributed by atoms with Crippen LogP contribution < -0.4 is 9.47 Å². The summed E-state index contributed by atoms with van der Waals surface area (Å²) < 4.78 is 17.4. The van der Waals surface area contributed by atoms with Crippen LogP contribution in [0.3, 0.4) is 0 Å². The molecule has 0 aliphatic rings. The van der Waals surface area contributed by atoms with Gasteiger partial charge in [0.15, 0.2) is 0 Å². The molecule has 210 valence electrons. The van der Waals surface area contributed by atoms with E-state index in [1.54, 1.807) is 0 Å². The smallest absolute Gasteiger partial charge is 0.343 e. The Labute approximate surface area is 235 Å². The lowest BCUT2D eigenvalue weighted by atomic mass is 10.0. The molecule has 0 saturated carbocycles. The van der Waals surface area contributed by atoms with Crippen LogP contribution in [0.2, 0.25) is 0 Å². The van der Waals surface area contributed by atoms with Gasteiger partial charge in [-0.3, -0.25) is 0 Å². The van der Waals surface area contributed by atoms with Crippen molar-refractivity contribution in [3.8, 4) is 22.6 Å². The summed E-state index contributed by atoms with van der Waals surface area (Å²) in [5, 5.41) is 0. The highest BCUT2D eigenvalue weighted by Gasteiger charge is 2.11. The molecule has 0 heterocycles. The predicted molar refractivity (Wildman–Crippen MR) is 161 cm³/mol. The van der Waals surface area contributed by atoms with E-state index in [0.717, 1.165) is 48.5 Å². The zero-order chi connectivity index (χ0) is 27.7. The van der Waals surface area contributed by atoms with Gasteiger partial charge in [0.2, 0.25) is 0 Å². The third-order valence-electron chi connectivity index (χ3n) is 7.00. The predicted octanol–water partition coefficient (Wildman–Crippen LogP) is 9.97. The van der Waals surface area contributed by atoms with Crippen molar-refractivity contribution < 1.29 is 19.0 Å². The van der Waals surface area contributed by atoms with Crippen molar-refractivity contribution in [1.82, 2.24) is 0 Å². The number of carbonyl (C=O) groups excluding carboxylic acids is 1. The van der Waals surface area contributed by atoms with Crippen LogP contribution in [0.5, 0.6) is 11.5 Å². The second kappa shape index (κ2) is 17.5. The number of rotatable bonds is 18. The second-order valence-corrected chi connectivity index (χ2v) is 10.3. The normalized spacial score (nSPS) is 11.8. The van der Waals surface area contributed by atoms with Crippen LogP contribution in [-0.4, -0.2) is 19.2 Å². The molecule has 0 bridgehead atoms. The van der Waals surface area contributed by atoms with Crippen LogP contribution in [0.25, 0.3) is 11.1 Å². The number of hydrogen-bond acceptors (Lipinski definition) is 4. The van der Waals surface area contributed by atoms with Crippen molar-refractivity contribution in [2.45, 2.75) is 91.1 Å². The number of hydrogen-bond donors (Lipinski definition) is 0. The van der Waals surface area contributed by atoms with Gasteiger partial charge in [0, 0.05) is 6.61 Å². The summed E-state index contributed by atoms with van der Waals surface area (Å²) in [6.07, 6.45) is 12.3. The fraction of sp³-hybridized carbons (Fsp3) is 0.457. The van der Waals surface area contributed by atoms with Gasteiger partial charge in [-0.1, -0.05) is 102 Å². The van der Waals surface area contributed by atoms with Crippen molar-refractivity contribution in [1.29, 1.82) is 0 Å². The topological polar surface area (TPSA) is 44.8 Å². The maximum Gasteiger partial charge on any atom is 0.343 e. The molecule has 39 heavy (non-hydrogen) atoms. The maximum atomic E-state index is 12.7. The van der Waals surface area contributed by atoms with Gasteiger partial charge >= 0.3 is 5.97 Å². The summed E-state index contributed by atoms with van der Waals surface area (Å²) in [6, 6.07) is 23.2. The van der Waals surface area contributed by atoms with Crippen molar-refractivity contribution in [3.63, 3.8) is 0 Å². The molecule has 3 aromatic rings. The largest absolute Gasteiger partial charge is 0.494 e. The molecule has 1 atom stereocenters. The highest BCUT2D eigenvalue weighted by atomic mass is 16.5. The minimum absolute atomic E-state index is 0.0179. The highest BCUT2D eigenvalue weighted by Crippen LogP contribution is 2.25. The van der Waals surface area contributed by atoms with Crippen molar-refractivity contribution in [3.05, 3.63) is 83.9 Å². The number of unbranched alkanes of at least 4 members (excludes halogenated alkanes) is 8. The van der Waals surface area contributed by atoms with Gasteiger partial charge in [0.05, 0.1) is 18.3 Å². The third kappa shape index (κ3) is 10.9. The summed E-state index contributed by atoms with van der Waals surface area (Å²) in [4.78, 5) is 12.7. The first kappa shape index (κ1) is 30.4. The number of carbonyl (C=O) groups is 1. The molecule has 0 amide bonds. The molecule has 1 unspecified atom stereocenters. The minimum Gasteiger partial charge on any atom is -0.494 e. The molecule has 0 radical (unpaired) electrons. The van der Waals surface area contributed by atoms with E-state index in [0.29, 0.717) is 11.3 Å². The Hall–Kier alpha value is -3.11. The highest BCUT2D eigenvalue weighted by molar-refractivity contribution is 5.91. The van der Waals surface area contributed by atoms with Gasteiger partial charge < -0.3 is 14.2 Å². The van der Waals surface area contributed by atoms with E-state index in [-0.39, 0.29) is 12.1 Å². The van der Waals surface area contributed by atoms with E-state index in [4.69, 9.17) is 14.2 Å². The standard InChI is InChI=1S/C35H46O4/c1-4-6-8-10-11-13-26-37-28(3)29-18-24-34(25-19-29)39-35(36)32-16-14-30(15-17-32)31-20-22-33(23-21-31)38-27-12-9-7-5-2/h14-25,28H,4-13,26-27H2,1-3H3. The van der Waals surface area contributed by atoms with Gasteiger partial charge in [-0.15, -0.1) is 0 Å². The molecule has 4 heteroatoms. The van der Waals surface area contributed by atoms with Crippen LogP contribution in [0.4, 0.5) is 0 Å². The number of ether oxygens (including phenoxy) is 3. The van der Waals surface area contributed by atoms with Gasteiger partial charge in [-0.05, 0) is 72.9 Å². The van der Waals surface area contributed by atoms with E-state index in [9.17, 15) is 4.79 Å². The fourth-order valence-corrected chi connectivity index (χ4v) is 4.47. The van der Waals surface area contributed by atoms with Crippen molar-refractivity contribution in [2.24, 2.45) is 0 Å². The molecule has 0 spiro atoms. The molecule has 3 rings (SSSR count). The molecule has 0 aliphatic heterocycles. The zero-order valence-electron chi connectivity index (χ0n) is 24.1. The summed E-state index contributed by atoms with van der Waals surface area (Å²) in [5.41, 5.74) is 3.72. The summed E-state index contributed by atoms with van der Waals surface area (Å²) in [5.74, 6) is 1.05. The molecule has 0 aliphatic carbocycles. The molecule has 0 aromatic heterocycles. The second-order valence-electron chi connectivity index (χ2n) is 10.3. The molecular weight excluding hydrogens is 484 g/mol. The number of benzene rings is 3. The lowest BCUT2D eigenvalue weighted by Gasteiger charge is -2.14. The first-order valence-corrected chi connectivity index (χ1v) is 14.9. The SMILES string of the molecule is CCCCCCCCOC(C)c1ccc(OC(=O)c2ccc(-c3ccc(OCCCCCC)cc3)cc2)cc1. The van der Waals surface area contributed by atoms with Crippen molar-refractivity contribution in [2.75, 3.05) is 13.2 Å². The lowest BCUT2D eigenvalue weighted by Crippen LogP contribution is -2.08. The first-order chi connectivity index (χ1) is 19.1. The van der Waals surface area contributed by atoms with Crippen LogP contribution in [0.1, 0.15) is 107 Å². The third-order valence-corrected chi connectivity index (χ3v) is 7.00. The lowest BCUT2D eigenvalue weighted by molar-refractivity contribution is 0.0627. The Morgan fingerprint density at radius 3 is 1.77 bits per heavy atom. The van der Waals surface area contributed by atoms with E-state index < -0.39 is 0 Å². The Balaban J connectivity index is 1.43. The monoisotopic (exact) mass is 530 g/mol. The average Bonchev–Trinajstić information content (AvgIpc) is 2.97. The molecule has 3 aromatic carbocycles. The van der Waals surface area contributed by atoms with E-state index in [1.165, 1.54) is 51.4 Å². The number of esters is 1. The van der Waals surface area contributed by atoms with Crippen LogP contribution in [0.15, 0.2) is 72.8 Å². The summed E-state index contributed by atoms with van der Waals surface area (Å²) >= 11 is 0. The quantitative estimate of drug-likeness (QED) is 0.0932. The van der Waals surface area contributed by atoms with Crippen LogP contribution in [0, 0.1) is 0 Å². The van der Waals surface area contributed by atoms with E-state index in [2.05, 4.69) is 32.9 Å². The van der Waals surface area contributed by atoms with Crippen LogP contribution in [-0.2, 0) is 4.74 Å². The molecule has 0 saturated heterocycles. The molecule has 0 fully saturated rings. The van der Waals surface area contributed by atoms with Gasteiger partial charge in [-0.2, -0.15) is 0 Å². The van der Waals surface area contributed by atoms with Gasteiger partial charge in [0.25, 0.3) is 0 Å². The Morgan fingerprint density at radius 2 is 1.13 bits per heavy atom. The summed E-state index contributed by atoms with van der Waals surface area (Å²) in [6.45, 7) is 8.04. The fourth-order valence-electron chi connectivity index (χ4n) is 4.47. The Bertz CT molecular complexity index is 1070. The average molecular weight is 531 g/mol. The Kier molecular flexibility index (Phi) is 13.6. The van der Waals surface area contributed by atoms with Gasteiger partial charge in [0.1, 0.15) is 11.5 Å². The van der Waals surface area contributed by atoms with Crippen molar-refractivity contribution >= 4 is 5.97 Å². The van der Waals surface area contributed by atoms with Crippen LogP contribution >= 0.6 is 0 Å². The minimum atomic E-state index is -0.367. The van der Waals surface area contributed by atoms with Gasteiger partial charge in [-0.25, -0.2) is 4.79 Å². The zero-order valence-corrected chi connectivity index (χ0v) is 24.1.